The van der Waals surface area contributed by atoms with Crippen LogP contribution in [-0.2, 0) is 0 Å². The van der Waals surface area contributed by atoms with Crippen molar-refractivity contribution in [1.29, 1.82) is 5.26 Å². The second-order valence-electron chi connectivity index (χ2n) is 3.36. The summed E-state index contributed by atoms with van der Waals surface area (Å²) in [5.74, 6) is 0.620. The minimum atomic E-state index is 0.310. The third-order valence-corrected chi connectivity index (χ3v) is 3.18. The van der Waals surface area contributed by atoms with Crippen molar-refractivity contribution in [3.8, 4) is 6.07 Å². The summed E-state index contributed by atoms with van der Waals surface area (Å²) in [5, 5.41) is 9.60. The monoisotopic (exact) mass is 277 g/mol. The van der Waals surface area contributed by atoms with E-state index in [4.69, 9.17) is 28.3 Å². The zero-order chi connectivity index (χ0) is 13.1. The molecule has 2 rings (SSSR count). The van der Waals surface area contributed by atoms with Crippen LogP contribution in [0.5, 0.6) is 0 Å². The van der Waals surface area contributed by atoms with Crippen LogP contribution in [0.3, 0.4) is 0 Å². The summed E-state index contributed by atoms with van der Waals surface area (Å²) in [6.45, 7) is 0. The van der Waals surface area contributed by atoms with E-state index in [1.807, 2.05) is 6.07 Å². The van der Waals surface area contributed by atoms with E-state index in [1.54, 1.807) is 18.2 Å². The van der Waals surface area contributed by atoms with Crippen LogP contribution >= 0.6 is 23.4 Å². The molecule has 0 fully saturated rings. The number of rotatable bonds is 2. The van der Waals surface area contributed by atoms with Crippen molar-refractivity contribution in [3.05, 3.63) is 34.9 Å². The molecule has 2 aromatic rings. The second kappa shape index (κ2) is 5.12. The molecule has 0 aliphatic carbocycles. The number of halogens is 1. The largest absolute Gasteiger partial charge is 0.383 e. The van der Waals surface area contributed by atoms with Gasteiger partial charge in [0.1, 0.15) is 17.7 Å². The molecule has 0 saturated carbocycles. The number of anilines is 2. The van der Waals surface area contributed by atoms with Crippen molar-refractivity contribution in [3.63, 3.8) is 0 Å². The van der Waals surface area contributed by atoms with Crippen LogP contribution < -0.4 is 11.5 Å². The van der Waals surface area contributed by atoms with E-state index in [9.17, 15) is 0 Å². The van der Waals surface area contributed by atoms with Gasteiger partial charge in [-0.05, 0) is 30.0 Å². The van der Waals surface area contributed by atoms with Crippen LogP contribution in [0, 0.1) is 11.3 Å². The van der Waals surface area contributed by atoms with Crippen LogP contribution in [0.2, 0.25) is 5.02 Å². The van der Waals surface area contributed by atoms with Crippen molar-refractivity contribution < 1.29 is 0 Å². The SMILES string of the molecule is N#Cc1ccc(Sc2nc(N)cc(N)n2)cc1Cl. The van der Waals surface area contributed by atoms with Crippen molar-refractivity contribution in [2.75, 3.05) is 11.5 Å². The lowest BCUT2D eigenvalue weighted by Gasteiger charge is -2.03. The zero-order valence-electron chi connectivity index (χ0n) is 9.09. The van der Waals surface area contributed by atoms with Crippen LogP contribution in [0.15, 0.2) is 34.3 Å². The fraction of sp³-hybridized carbons (Fsp3) is 0. The number of nitriles is 1. The Kier molecular flexibility index (Phi) is 3.55. The minimum absolute atomic E-state index is 0.310. The molecule has 0 bridgehead atoms. The van der Waals surface area contributed by atoms with Crippen LogP contribution in [0.25, 0.3) is 0 Å². The molecular weight excluding hydrogens is 270 g/mol. The topological polar surface area (TPSA) is 102 Å². The smallest absolute Gasteiger partial charge is 0.196 e. The fourth-order valence-electron chi connectivity index (χ4n) is 1.26. The zero-order valence-corrected chi connectivity index (χ0v) is 10.7. The molecule has 0 atom stereocenters. The maximum atomic E-state index is 8.77. The molecule has 5 nitrogen and oxygen atoms in total. The van der Waals surface area contributed by atoms with Crippen LogP contribution in [0.4, 0.5) is 11.6 Å². The summed E-state index contributed by atoms with van der Waals surface area (Å²) in [5.41, 5.74) is 11.6. The molecule has 0 spiro atoms. The predicted octanol–water partition coefficient (Wildman–Crippen LogP) is 2.32. The highest BCUT2D eigenvalue weighted by molar-refractivity contribution is 7.99. The van der Waals surface area contributed by atoms with E-state index in [-0.39, 0.29) is 0 Å². The van der Waals surface area contributed by atoms with Crippen molar-refractivity contribution >= 4 is 35.0 Å². The number of benzene rings is 1. The van der Waals surface area contributed by atoms with Gasteiger partial charge in [0.2, 0.25) is 0 Å². The highest BCUT2D eigenvalue weighted by Crippen LogP contribution is 2.29. The van der Waals surface area contributed by atoms with Gasteiger partial charge in [-0.15, -0.1) is 0 Å². The first-order valence-electron chi connectivity index (χ1n) is 4.86. The Hall–Kier alpha value is -1.97. The number of nitrogens with two attached hydrogens (primary N) is 2. The fourth-order valence-corrected chi connectivity index (χ4v) is 2.38. The standard InChI is InChI=1S/C11H8ClN5S/c12-8-3-7(2-1-6(8)5-13)18-11-16-9(14)4-10(15)17-11/h1-4H,(H4,14,15,16,17). The van der Waals surface area contributed by atoms with E-state index >= 15 is 0 Å². The van der Waals surface area contributed by atoms with E-state index in [0.717, 1.165) is 4.90 Å². The number of hydrogen-bond acceptors (Lipinski definition) is 6. The Morgan fingerprint density at radius 1 is 1.17 bits per heavy atom. The molecule has 90 valence electrons. The van der Waals surface area contributed by atoms with Crippen molar-refractivity contribution in [2.24, 2.45) is 0 Å². The maximum Gasteiger partial charge on any atom is 0.196 e. The first-order chi connectivity index (χ1) is 8.58. The molecule has 7 heteroatoms. The Morgan fingerprint density at radius 3 is 2.39 bits per heavy atom. The number of nitrogen functional groups attached to an aromatic ring is 2. The molecule has 0 aliphatic rings. The van der Waals surface area contributed by atoms with Crippen molar-refractivity contribution in [1.82, 2.24) is 9.97 Å². The van der Waals surface area contributed by atoms with Gasteiger partial charge in [0.25, 0.3) is 0 Å². The average Bonchev–Trinajstić information content (AvgIpc) is 2.27. The summed E-state index contributed by atoms with van der Waals surface area (Å²) >= 11 is 7.21. The van der Waals surface area contributed by atoms with Gasteiger partial charge >= 0.3 is 0 Å². The van der Waals surface area contributed by atoms with Gasteiger partial charge in [0.15, 0.2) is 5.16 Å². The molecule has 0 aliphatic heterocycles. The molecule has 0 unspecified atom stereocenters. The lowest BCUT2D eigenvalue weighted by atomic mass is 10.2. The quantitative estimate of drug-likeness (QED) is 0.817. The van der Waals surface area contributed by atoms with E-state index in [1.165, 1.54) is 17.8 Å². The Balaban J connectivity index is 2.29. The Morgan fingerprint density at radius 2 is 1.83 bits per heavy atom. The van der Waals surface area contributed by atoms with Gasteiger partial charge in [-0.3, -0.25) is 0 Å². The van der Waals surface area contributed by atoms with Gasteiger partial charge in [-0.1, -0.05) is 11.6 Å². The average molecular weight is 278 g/mol. The summed E-state index contributed by atoms with van der Waals surface area (Å²) in [4.78, 5) is 8.90. The lowest BCUT2D eigenvalue weighted by Crippen LogP contribution is -1.98. The van der Waals surface area contributed by atoms with Gasteiger partial charge < -0.3 is 11.5 Å². The molecule has 1 aromatic heterocycles. The summed E-state index contributed by atoms with van der Waals surface area (Å²) in [6, 6.07) is 8.55. The molecule has 1 heterocycles. The third-order valence-electron chi connectivity index (χ3n) is 2.02. The Labute approximate surface area is 113 Å². The van der Waals surface area contributed by atoms with E-state index in [2.05, 4.69) is 9.97 Å². The van der Waals surface area contributed by atoms with E-state index in [0.29, 0.717) is 27.4 Å². The summed E-state index contributed by atoms with van der Waals surface area (Å²) < 4.78 is 0. The second-order valence-corrected chi connectivity index (χ2v) is 4.80. The highest BCUT2D eigenvalue weighted by atomic mass is 35.5. The summed E-state index contributed by atoms with van der Waals surface area (Å²) in [7, 11) is 0. The molecule has 4 N–H and O–H groups in total. The first kappa shape index (κ1) is 12.5. The van der Waals surface area contributed by atoms with Crippen LogP contribution in [0.1, 0.15) is 5.56 Å². The van der Waals surface area contributed by atoms with Gasteiger partial charge in [0, 0.05) is 11.0 Å². The molecule has 0 saturated heterocycles. The minimum Gasteiger partial charge on any atom is -0.383 e. The molecule has 18 heavy (non-hydrogen) atoms. The molecule has 0 amide bonds. The number of aromatic nitrogens is 2. The molecule has 1 aromatic carbocycles. The van der Waals surface area contributed by atoms with Gasteiger partial charge in [-0.25, -0.2) is 9.97 Å². The predicted molar refractivity (Wildman–Crippen MR) is 71.1 cm³/mol. The van der Waals surface area contributed by atoms with Crippen LogP contribution in [-0.4, -0.2) is 9.97 Å². The first-order valence-corrected chi connectivity index (χ1v) is 6.05. The maximum absolute atomic E-state index is 8.77. The molecular formula is C11H8ClN5S. The normalized spacial score (nSPS) is 10.0. The molecule has 0 radical (unpaired) electrons. The van der Waals surface area contributed by atoms with Gasteiger partial charge in [0.05, 0.1) is 10.6 Å². The van der Waals surface area contributed by atoms with Gasteiger partial charge in [-0.2, -0.15) is 5.26 Å². The number of nitrogens with zero attached hydrogens (tertiary/aromatic N) is 3. The number of hydrogen-bond donors (Lipinski definition) is 2. The summed E-state index contributed by atoms with van der Waals surface area (Å²) in [6.07, 6.45) is 0. The third kappa shape index (κ3) is 2.83. The van der Waals surface area contributed by atoms with E-state index < -0.39 is 0 Å². The Bertz CT molecular complexity index is 618. The lowest BCUT2D eigenvalue weighted by molar-refractivity contribution is 0.984. The highest BCUT2D eigenvalue weighted by Gasteiger charge is 2.06. The van der Waals surface area contributed by atoms with Crippen molar-refractivity contribution in [2.45, 2.75) is 10.1 Å².